The van der Waals surface area contributed by atoms with Crippen LogP contribution in [0.3, 0.4) is 0 Å². The molecule has 0 amide bonds. The summed E-state index contributed by atoms with van der Waals surface area (Å²) in [6, 6.07) is 0. The Bertz CT molecular complexity index is 101. The summed E-state index contributed by atoms with van der Waals surface area (Å²) in [5, 5.41) is 34.3. The SMILES string of the molecule is OCC(O)CO[Si]OCC(O)CO. The van der Waals surface area contributed by atoms with Crippen molar-refractivity contribution in [2.75, 3.05) is 26.4 Å². The summed E-state index contributed by atoms with van der Waals surface area (Å²) in [7, 11) is -0.318. The molecular weight excluding hydrogens is 196 g/mol. The minimum Gasteiger partial charge on any atom is -0.394 e. The summed E-state index contributed by atoms with van der Waals surface area (Å²) in [5.74, 6) is 0. The molecule has 13 heavy (non-hydrogen) atoms. The standard InChI is InChI=1S/C6H14O6Si/c7-1-5(9)3-11-13-12-4-6(10)2-8/h5-10H,1-4H2. The molecule has 0 aromatic heterocycles. The number of aliphatic hydroxyl groups is 4. The summed E-state index contributed by atoms with van der Waals surface area (Å²) in [5.41, 5.74) is 0. The maximum Gasteiger partial charge on any atom is 0.433 e. The van der Waals surface area contributed by atoms with Crippen LogP contribution in [0.5, 0.6) is 0 Å². The zero-order chi connectivity index (χ0) is 10.1. The van der Waals surface area contributed by atoms with Gasteiger partial charge in [-0.25, -0.2) is 0 Å². The third kappa shape index (κ3) is 8.31. The first-order valence-corrected chi connectivity index (χ1v) is 4.58. The molecule has 2 radical (unpaired) electrons. The monoisotopic (exact) mass is 210 g/mol. The molecule has 0 bridgehead atoms. The van der Waals surface area contributed by atoms with E-state index < -0.39 is 12.2 Å². The highest BCUT2D eigenvalue weighted by Crippen LogP contribution is 1.85. The van der Waals surface area contributed by atoms with Crippen molar-refractivity contribution in [2.45, 2.75) is 12.2 Å². The van der Waals surface area contributed by atoms with E-state index in [1.165, 1.54) is 0 Å². The van der Waals surface area contributed by atoms with Crippen LogP contribution < -0.4 is 0 Å². The van der Waals surface area contributed by atoms with E-state index in [4.69, 9.17) is 29.3 Å². The van der Waals surface area contributed by atoms with Gasteiger partial charge in [-0.3, -0.25) is 0 Å². The predicted octanol–water partition coefficient (Wildman–Crippen LogP) is -2.74. The number of aliphatic hydroxyl groups excluding tert-OH is 4. The highest BCUT2D eigenvalue weighted by molar-refractivity contribution is 6.17. The first-order valence-electron chi connectivity index (χ1n) is 3.77. The molecule has 0 fully saturated rings. The first kappa shape index (κ1) is 13.0. The molecule has 2 atom stereocenters. The van der Waals surface area contributed by atoms with Crippen LogP contribution in [-0.4, -0.2) is 69.1 Å². The third-order valence-corrected chi connectivity index (χ3v) is 1.66. The molecule has 0 aliphatic heterocycles. The summed E-state index contributed by atoms with van der Waals surface area (Å²) in [6.07, 6.45) is -1.81. The van der Waals surface area contributed by atoms with Crippen LogP contribution in [0.25, 0.3) is 0 Å². The van der Waals surface area contributed by atoms with Gasteiger partial charge in [-0.1, -0.05) is 0 Å². The van der Waals surface area contributed by atoms with E-state index in [1.807, 2.05) is 0 Å². The molecule has 2 unspecified atom stereocenters. The van der Waals surface area contributed by atoms with Gasteiger partial charge >= 0.3 is 10.0 Å². The second-order valence-electron chi connectivity index (χ2n) is 2.38. The third-order valence-electron chi connectivity index (χ3n) is 1.09. The van der Waals surface area contributed by atoms with E-state index in [1.54, 1.807) is 0 Å². The topological polar surface area (TPSA) is 99.4 Å². The Hall–Kier alpha value is -0.0231. The van der Waals surface area contributed by atoms with Crippen LogP contribution in [-0.2, 0) is 8.85 Å². The van der Waals surface area contributed by atoms with Gasteiger partial charge in [-0.2, -0.15) is 0 Å². The van der Waals surface area contributed by atoms with Crippen LogP contribution in [0.15, 0.2) is 0 Å². The summed E-state index contributed by atoms with van der Waals surface area (Å²) in [4.78, 5) is 0. The van der Waals surface area contributed by atoms with Gasteiger partial charge in [0.1, 0.15) is 0 Å². The van der Waals surface area contributed by atoms with Gasteiger partial charge in [-0.05, 0) is 0 Å². The maximum absolute atomic E-state index is 8.80. The summed E-state index contributed by atoms with van der Waals surface area (Å²) >= 11 is 0. The Balaban J connectivity index is 3.08. The summed E-state index contributed by atoms with van der Waals surface area (Å²) < 4.78 is 9.57. The van der Waals surface area contributed by atoms with Crippen LogP contribution in [0, 0.1) is 0 Å². The maximum atomic E-state index is 8.80. The lowest BCUT2D eigenvalue weighted by Gasteiger charge is -2.09. The molecule has 0 aliphatic rings. The van der Waals surface area contributed by atoms with Crippen LogP contribution in [0.1, 0.15) is 0 Å². The van der Waals surface area contributed by atoms with Gasteiger partial charge in [0, 0.05) is 0 Å². The molecule has 0 aromatic rings. The number of hydrogen-bond acceptors (Lipinski definition) is 6. The molecule has 0 spiro atoms. The molecule has 7 heteroatoms. The van der Waals surface area contributed by atoms with Gasteiger partial charge in [0.25, 0.3) is 0 Å². The molecule has 0 aromatic carbocycles. The van der Waals surface area contributed by atoms with E-state index in [0.717, 1.165) is 0 Å². The van der Waals surface area contributed by atoms with Crippen molar-refractivity contribution in [3.05, 3.63) is 0 Å². The Labute approximate surface area is 78.8 Å². The highest BCUT2D eigenvalue weighted by atomic mass is 28.3. The lowest BCUT2D eigenvalue weighted by Crippen LogP contribution is -2.25. The summed E-state index contributed by atoms with van der Waals surface area (Å²) in [6.45, 7) is -0.734. The van der Waals surface area contributed by atoms with Crippen molar-refractivity contribution in [3.63, 3.8) is 0 Å². The average Bonchev–Trinajstić information content (AvgIpc) is 2.16. The van der Waals surface area contributed by atoms with Crippen molar-refractivity contribution in [1.82, 2.24) is 0 Å². The Kier molecular flexibility index (Phi) is 8.55. The lowest BCUT2D eigenvalue weighted by atomic mass is 10.4. The Morgan fingerprint density at radius 3 is 1.62 bits per heavy atom. The fraction of sp³-hybridized carbons (Fsp3) is 1.00. The highest BCUT2D eigenvalue weighted by Gasteiger charge is 2.05. The van der Waals surface area contributed by atoms with Gasteiger partial charge < -0.3 is 29.3 Å². The van der Waals surface area contributed by atoms with Gasteiger partial charge in [0.15, 0.2) is 0 Å². The first-order chi connectivity index (χ1) is 6.20. The largest absolute Gasteiger partial charge is 0.433 e. The van der Waals surface area contributed by atoms with E-state index in [9.17, 15) is 0 Å². The van der Waals surface area contributed by atoms with Crippen LogP contribution >= 0.6 is 0 Å². The van der Waals surface area contributed by atoms with Crippen molar-refractivity contribution < 1.29 is 29.3 Å². The molecule has 0 saturated heterocycles. The molecule has 0 heterocycles. The normalized spacial score (nSPS) is 15.7. The van der Waals surface area contributed by atoms with Crippen molar-refractivity contribution in [1.29, 1.82) is 0 Å². The zero-order valence-corrected chi connectivity index (χ0v) is 8.09. The quantitative estimate of drug-likeness (QED) is 0.256. The molecule has 4 N–H and O–H groups in total. The van der Waals surface area contributed by atoms with E-state index in [0.29, 0.717) is 0 Å². The van der Waals surface area contributed by atoms with Crippen molar-refractivity contribution >= 4 is 10.0 Å². The zero-order valence-electron chi connectivity index (χ0n) is 7.09. The molecule has 0 aliphatic carbocycles. The van der Waals surface area contributed by atoms with Crippen molar-refractivity contribution in [2.24, 2.45) is 0 Å². The molecule has 6 nitrogen and oxygen atoms in total. The minimum atomic E-state index is -0.904. The Morgan fingerprint density at radius 1 is 0.923 bits per heavy atom. The van der Waals surface area contributed by atoms with Crippen LogP contribution in [0.4, 0.5) is 0 Å². The van der Waals surface area contributed by atoms with Gasteiger partial charge in [0.05, 0.1) is 38.6 Å². The van der Waals surface area contributed by atoms with E-state index >= 15 is 0 Å². The fourth-order valence-corrected chi connectivity index (χ4v) is 1.01. The van der Waals surface area contributed by atoms with Gasteiger partial charge in [0.2, 0.25) is 0 Å². The molecule has 0 rings (SSSR count). The molecule has 0 saturated carbocycles. The minimum absolute atomic E-state index is 0.00976. The van der Waals surface area contributed by atoms with E-state index in [-0.39, 0.29) is 36.4 Å². The second-order valence-corrected chi connectivity index (χ2v) is 3.12. The fourth-order valence-electron chi connectivity index (χ4n) is 0.408. The van der Waals surface area contributed by atoms with Crippen molar-refractivity contribution in [3.8, 4) is 0 Å². The molecule has 78 valence electrons. The van der Waals surface area contributed by atoms with E-state index in [2.05, 4.69) is 0 Å². The smallest absolute Gasteiger partial charge is 0.394 e. The second kappa shape index (κ2) is 8.57. The molecular formula is C6H14O6Si. The average molecular weight is 210 g/mol. The number of hydrogen-bond donors (Lipinski definition) is 4. The Morgan fingerprint density at radius 2 is 1.31 bits per heavy atom. The van der Waals surface area contributed by atoms with Gasteiger partial charge in [-0.15, -0.1) is 0 Å². The predicted molar refractivity (Wildman–Crippen MR) is 43.8 cm³/mol. The van der Waals surface area contributed by atoms with Crippen LogP contribution in [0.2, 0.25) is 0 Å². The lowest BCUT2D eigenvalue weighted by molar-refractivity contribution is 0.0292. The number of rotatable bonds is 8.